The second kappa shape index (κ2) is 8.35. The first kappa shape index (κ1) is 20.0. The van der Waals surface area contributed by atoms with Crippen LogP contribution in [0.3, 0.4) is 0 Å². The molecule has 0 amide bonds. The van der Waals surface area contributed by atoms with Gasteiger partial charge in [-0.2, -0.15) is 4.31 Å². The normalized spacial score (nSPS) is 17.6. The summed E-state index contributed by atoms with van der Waals surface area (Å²) in [5, 5.41) is 0. The topological polar surface area (TPSA) is 59.1 Å². The van der Waals surface area contributed by atoms with Crippen LogP contribution < -0.4 is 4.74 Å². The summed E-state index contributed by atoms with van der Waals surface area (Å²) in [5.74, 6) is -0.452. The molecular formula is C15H21F3N2O4S. The van der Waals surface area contributed by atoms with Crippen molar-refractivity contribution in [3.05, 3.63) is 24.3 Å². The van der Waals surface area contributed by atoms with E-state index in [0.29, 0.717) is 39.4 Å². The lowest BCUT2D eigenvalue weighted by atomic mass is 10.3. The molecule has 0 radical (unpaired) electrons. The van der Waals surface area contributed by atoms with E-state index in [0.717, 1.165) is 30.8 Å². The second-order valence-electron chi connectivity index (χ2n) is 5.46. The molecule has 25 heavy (non-hydrogen) atoms. The van der Waals surface area contributed by atoms with Gasteiger partial charge in [-0.1, -0.05) is 0 Å². The van der Waals surface area contributed by atoms with E-state index < -0.39 is 22.1 Å². The highest BCUT2D eigenvalue weighted by molar-refractivity contribution is 7.89. The van der Waals surface area contributed by atoms with Gasteiger partial charge in [0.15, 0.2) is 0 Å². The van der Waals surface area contributed by atoms with Gasteiger partial charge in [-0.15, -0.1) is 13.2 Å². The van der Waals surface area contributed by atoms with Crippen LogP contribution in [0.4, 0.5) is 13.2 Å². The fourth-order valence-electron chi connectivity index (χ4n) is 2.49. The molecule has 142 valence electrons. The molecule has 10 heteroatoms. The van der Waals surface area contributed by atoms with E-state index in [4.69, 9.17) is 4.74 Å². The van der Waals surface area contributed by atoms with E-state index in [1.165, 1.54) is 4.31 Å². The fourth-order valence-corrected chi connectivity index (χ4v) is 3.92. The smallest absolute Gasteiger partial charge is 0.406 e. The predicted molar refractivity (Wildman–Crippen MR) is 84.8 cm³/mol. The van der Waals surface area contributed by atoms with Gasteiger partial charge in [-0.3, -0.25) is 4.90 Å². The van der Waals surface area contributed by atoms with Crippen LogP contribution in [0.2, 0.25) is 0 Å². The lowest BCUT2D eigenvalue weighted by Crippen LogP contribution is -2.49. The van der Waals surface area contributed by atoms with Crippen LogP contribution in [0, 0.1) is 0 Å². The van der Waals surface area contributed by atoms with Crippen molar-refractivity contribution in [1.82, 2.24) is 9.21 Å². The van der Waals surface area contributed by atoms with Gasteiger partial charge >= 0.3 is 6.36 Å². The van der Waals surface area contributed by atoms with E-state index in [9.17, 15) is 21.6 Å². The molecule has 0 unspecified atom stereocenters. The number of hydrogen-bond donors (Lipinski definition) is 0. The maximum atomic E-state index is 12.6. The van der Waals surface area contributed by atoms with Crippen molar-refractivity contribution in [1.29, 1.82) is 0 Å². The van der Waals surface area contributed by atoms with E-state index in [1.807, 2.05) is 6.92 Å². The number of piperazine rings is 1. The molecule has 1 aromatic carbocycles. The minimum atomic E-state index is -4.81. The first-order valence-corrected chi connectivity index (χ1v) is 9.32. The molecule has 0 atom stereocenters. The molecule has 1 aromatic rings. The Balaban J connectivity index is 1.95. The first-order valence-electron chi connectivity index (χ1n) is 7.88. The number of ether oxygens (including phenoxy) is 2. The van der Waals surface area contributed by atoms with Crippen molar-refractivity contribution in [3.8, 4) is 5.75 Å². The Kier molecular flexibility index (Phi) is 6.66. The van der Waals surface area contributed by atoms with Gasteiger partial charge in [0.25, 0.3) is 0 Å². The molecule has 0 N–H and O–H groups in total. The summed E-state index contributed by atoms with van der Waals surface area (Å²) >= 11 is 0. The SMILES string of the molecule is CCOCCN1CCN(S(=O)(=O)c2ccc(OC(F)(F)F)cc2)CC1. The van der Waals surface area contributed by atoms with Crippen molar-refractivity contribution in [2.75, 3.05) is 45.9 Å². The van der Waals surface area contributed by atoms with E-state index >= 15 is 0 Å². The van der Waals surface area contributed by atoms with Crippen LogP contribution in [0.25, 0.3) is 0 Å². The minimum Gasteiger partial charge on any atom is -0.406 e. The third-order valence-corrected chi connectivity index (χ3v) is 5.70. The highest BCUT2D eigenvalue weighted by Crippen LogP contribution is 2.25. The Hall–Kier alpha value is -1.36. The van der Waals surface area contributed by atoms with E-state index in [1.54, 1.807) is 0 Å². The summed E-state index contributed by atoms with van der Waals surface area (Å²) in [7, 11) is -3.73. The highest BCUT2D eigenvalue weighted by atomic mass is 32.2. The van der Waals surface area contributed by atoms with Gasteiger partial charge in [-0.05, 0) is 31.2 Å². The van der Waals surface area contributed by atoms with Crippen molar-refractivity contribution >= 4 is 10.0 Å². The number of halogens is 3. The molecule has 0 saturated carbocycles. The average molecular weight is 382 g/mol. The van der Waals surface area contributed by atoms with Crippen LogP contribution in [0.15, 0.2) is 29.2 Å². The quantitative estimate of drug-likeness (QED) is 0.675. The van der Waals surface area contributed by atoms with Gasteiger partial charge in [0.05, 0.1) is 11.5 Å². The van der Waals surface area contributed by atoms with Crippen molar-refractivity contribution < 1.29 is 31.1 Å². The van der Waals surface area contributed by atoms with Crippen LogP contribution in [-0.2, 0) is 14.8 Å². The molecule has 0 aliphatic carbocycles. The van der Waals surface area contributed by atoms with E-state index in [2.05, 4.69) is 9.64 Å². The molecule has 1 fully saturated rings. The first-order chi connectivity index (χ1) is 11.7. The molecule has 1 heterocycles. The minimum absolute atomic E-state index is 0.0511. The lowest BCUT2D eigenvalue weighted by molar-refractivity contribution is -0.274. The number of sulfonamides is 1. The summed E-state index contributed by atoms with van der Waals surface area (Å²) in [5.41, 5.74) is 0. The number of alkyl halides is 3. The van der Waals surface area contributed by atoms with Crippen LogP contribution in [0.5, 0.6) is 5.75 Å². The van der Waals surface area contributed by atoms with Crippen LogP contribution >= 0.6 is 0 Å². The molecular weight excluding hydrogens is 361 g/mol. The van der Waals surface area contributed by atoms with Gasteiger partial charge < -0.3 is 9.47 Å². The second-order valence-corrected chi connectivity index (χ2v) is 7.40. The van der Waals surface area contributed by atoms with Crippen molar-refractivity contribution in [2.24, 2.45) is 0 Å². The molecule has 6 nitrogen and oxygen atoms in total. The standard InChI is InChI=1S/C15H21F3N2O4S/c1-2-23-12-11-19-7-9-20(10-8-19)25(21,22)14-5-3-13(4-6-14)24-15(16,17)18/h3-6H,2,7-12H2,1H3. The van der Waals surface area contributed by atoms with Crippen LogP contribution in [-0.4, -0.2) is 69.9 Å². The van der Waals surface area contributed by atoms with Crippen molar-refractivity contribution in [2.45, 2.75) is 18.2 Å². The van der Waals surface area contributed by atoms with Gasteiger partial charge in [-0.25, -0.2) is 8.42 Å². The third kappa shape index (κ3) is 5.84. The summed E-state index contributed by atoms with van der Waals surface area (Å²) in [6.07, 6.45) is -4.81. The third-order valence-electron chi connectivity index (χ3n) is 3.78. The molecule has 1 aliphatic heterocycles. The Morgan fingerprint density at radius 2 is 1.68 bits per heavy atom. The maximum absolute atomic E-state index is 12.6. The number of rotatable bonds is 7. The Morgan fingerprint density at radius 1 is 1.08 bits per heavy atom. The summed E-state index contributed by atoms with van der Waals surface area (Å²) in [4.78, 5) is 2.06. The number of nitrogens with zero attached hydrogens (tertiary/aromatic N) is 2. The Morgan fingerprint density at radius 3 is 2.20 bits per heavy atom. The average Bonchev–Trinajstić information content (AvgIpc) is 2.55. The summed E-state index contributed by atoms with van der Waals surface area (Å²) < 4.78 is 72.0. The predicted octanol–water partition coefficient (Wildman–Crippen LogP) is 1.93. The molecule has 1 saturated heterocycles. The van der Waals surface area contributed by atoms with Crippen LogP contribution in [0.1, 0.15) is 6.92 Å². The summed E-state index contributed by atoms with van der Waals surface area (Å²) in [6, 6.07) is 4.24. The molecule has 0 bridgehead atoms. The molecule has 0 aromatic heterocycles. The zero-order valence-corrected chi connectivity index (χ0v) is 14.6. The number of hydrogen-bond acceptors (Lipinski definition) is 5. The maximum Gasteiger partial charge on any atom is 0.573 e. The Labute approximate surface area is 145 Å². The molecule has 2 rings (SSSR count). The van der Waals surface area contributed by atoms with Gasteiger partial charge in [0.2, 0.25) is 10.0 Å². The summed E-state index contributed by atoms with van der Waals surface area (Å²) in [6.45, 7) is 5.72. The molecule has 0 spiro atoms. The van der Waals surface area contributed by atoms with Gasteiger partial charge in [0.1, 0.15) is 5.75 Å². The fraction of sp³-hybridized carbons (Fsp3) is 0.600. The van der Waals surface area contributed by atoms with E-state index in [-0.39, 0.29) is 4.90 Å². The van der Waals surface area contributed by atoms with Gasteiger partial charge in [0, 0.05) is 39.3 Å². The zero-order valence-electron chi connectivity index (χ0n) is 13.8. The number of benzene rings is 1. The zero-order chi connectivity index (χ0) is 18.5. The largest absolute Gasteiger partial charge is 0.573 e. The lowest BCUT2D eigenvalue weighted by Gasteiger charge is -2.33. The molecule has 1 aliphatic rings. The highest BCUT2D eigenvalue weighted by Gasteiger charge is 2.32. The van der Waals surface area contributed by atoms with Crippen molar-refractivity contribution in [3.63, 3.8) is 0 Å². The Bertz CT molecular complexity index is 642. The monoisotopic (exact) mass is 382 g/mol.